The van der Waals surface area contributed by atoms with Crippen LogP contribution in [0.1, 0.15) is 52.9 Å². The van der Waals surface area contributed by atoms with Gasteiger partial charge in [-0.1, -0.05) is 19.8 Å². The van der Waals surface area contributed by atoms with E-state index in [9.17, 15) is 9.90 Å². The van der Waals surface area contributed by atoms with Gasteiger partial charge in [-0.05, 0) is 33.1 Å². The van der Waals surface area contributed by atoms with Gasteiger partial charge in [0.2, 0.25) is 5.91 Å². The molecule has 0 saturated heterocycles. The van der Waals surface area contributed by atoms with Crippen molar-refractivity contribution in [1.82, 2.24) is 10.6 Å². The first-order valence-corrected chi connectivity index (χ1v) is 6.67. The maximum Gasteiger partial charge on any atom is 0.234 e. The molecule has 0 aromatic heterocycles. The Hall–Kier alpha value is -0.610. The van der Waals surface area contributed by atoms with Crippen molar-refractivity contribution >= 4 is 5.91 Å². The molecule has 1 rings (SSSR count). The molecule has 100 valence electrons. The average molecular weight is 242 g/mol. The van der Waals surface area contributed by atoms with Crippen LogP contribution in [-0.4, -0.2) is 35.2 Å². The molecule has 0 radical (unpaired) electrons. The van der Waals surface area contributed by atoms with E-state index in [-0.39, 0.29) is 23.6 Å². The number of aliphatic hydroxyl groups excluding tert-OH is 1. The Balaban J connectivity index is 2.27. The predicted octanol–water partition coefficient (Wildman–Crippen LogP) is 1.18. The molecule has 4 heteroatoms. The summed E-state index contributed by atoms with van der Waals surface area (Å²) in [7, 11) is 0. The van der Waals surface area contributed by atoms with Crippen molar-refractivity contribution in [2.24, 2.45) is 0 Å². The Morgan fingerprint density at radius 2 is 2.00 bits per heavy atom. The van der Waals surface area contributed by atoms with Gasteiger partial charge in [0.05, 0.1) is 12.6 Å². The molecule has 1 fully saturated rings. The lowest BCUT2D eigenvalue weighted by atomic mass is 9.92. The standard InChI is InChI=1S/C13H26N2O2/c1-4-13(2,3)15-12(17)9-14-10-7-5-6-8-11(10)16/h10-11,14,16H,4-9H2,1-3H3,(H,15,17). The molecule has 3 N–H and O–H groups in total. The third-order valence-corrected chi connectivity index (χ3v) is 3.62. The molecule has 1 aliphatic carbocycles. The fraction of sp³-hybridized carbons (Fsp3) is 0.923. The van der Waals surface area contributed by atoms with Crippen LogP contribution < -0.4 is 10.6 Å². The van der Waals surface area contributed by atoms with Crippen molar-refractivity contribution in [3.8, 4) is 0 Å². The third-order valence-electron chi connectivity index (χ3n) is 3.62. The molecule has 4 nitrogen and oxygen atoms in total. The topological polar surface area (TPSA) is 61.4 Å². The van der Waals surface area contributed by atoms with E-state index in [1.807, 2.05) is 13.8 Å². The van der Waals surface area contributed by atoms with Gasteiger partial charge in [0, 0.05) is 11.6 Å². The fourth-order valence-corrected chi connectivity index (χ4v) is 2.08. The average Bonchev–Trinajstić information content (AvgIpc) is 2.27. The summed E-state index contributed by atoms with van der Waals surface area (Å²) in [6.45, 7) is 6.38. The van der Waals surface area contributed by atoms with Crippen LogP contribution in [0.15, 0.2) is 0 Å². The highest BCUT2D eigenvalue weighted by Crippen LogP contribution is 2.18. The first-order valence-electron chi connectivity index (χ1n) is 6.67. The van der Waals surface area contributed by atoms with Crippen molar-refractivity contribution in [3.63, 3.8) is 0 Å². The van der Waals surface area contributed by atoms with Crippen LogP contribution >= 0.6 is 0 Å². The van der Waals surface area contributed by atoms with Crippen molar-refractivity contribution in [2.75, 3.05) is 6.54 Å². The summed E-state index contributed by atoms with van der Waals surface area (Å²) in [5, 5.41) is 15.9. The minimum Gasteiger partial charge on any atom is -0.392 e. The lowest BCUT2D eigenvalue weighted by Crippen LogP contribution is -2.50. The molecular formula is C13H26N2O2. The zero-order chi connectivity index (χ0) is 12.9. The van der Waals surface area contributed by atoms with Gasteiger partial charge in [-0.15, -0.1) is 0 Å². The molecule has 0 heterocycles. The van der Waals surface area contributed by atoms with Crippen LogP contribution in [0.5, 0.6) is 0 Å². The first-order chi connectivity index (χ1) is 7.94. The number of hydrogen-bond donors (Lipinski definition) is 3. The van der Waals surface area contributed by atoms with Crippen LogP contribution in [-0.2, 0) is 4.79 Å². The normalized spacial score (nSPS) is 25.6. The second-order valence-electron chi connectivity index (χ2n) is 5.62. The van der Waals surface area contributed by atoms with Gasteiger partial charge in [-0.3, -0.25) is 4.79 Å². The zero-order valence-corrected chi connectivity index (χ0v) is 11.3. The number of amides is 1. The fourth-order valence-electron chi connectivity index (χ4n) is 2.08. The maximum absolute atomic E-state index is 11.7. The molecule has 0 spiro atoms. The van der Waals surface area contributed by atoms with Crippen LogP contribution in [0, 0.1) is 0 Å². The molecule has 2 unspecified atom stereocenters. The van der Waals surface area contributed by atoms with Gasteiger partial charge >= 0.3 is 0 Å². The predicted molar refractivity (Wildman–Crippen MR) is 68.8 cm³/mol. The number of hydrogen-bond acceptors (Lipinski definition) is 3. The van der Waals surface area contributed by atoms with Gasteiger partial charge in [0.15, 0.2) is 0 Å². The van der Waals surface area contributed by atoms with Gasteiger partial charge < -0.3 is 15.7 Å². The van der Waals surface area contributed by atoms with E-state index in [0.29, 0.717) is 6.54 Å². The highest BCUT2D eigenvalue weighted by atomic mass is 16.3. The SMILES string of the molecule is CCC(C)(C)NC(=O)CNC1CCCCC1O. The largest absolute Gasteiger partial charge is 0.392 e. The van der Waals surface area contributed by atoms with Crippen LogP contribution in [0.4, 0.5) is 0 Å². The number of nitrogens with one attached hydrogen (secondary N) is 2. The van der Waals surface area contributed by atoms with Crippen LogP contribution in [0.3, 0.4) is 0 Å². The van der Waals surface area contributed by atoms with Crippen molar-refractivity contribution in [2.45, 2.75) is 70.6 Å². The number of carbonyl (C=O) groups is 1. The summed E-state index contributed by atoms with van der Waals surface area (Å²) in [5.41, 5.74) is -0.149. The van der Waals surface area contributed by atoms with E-state index >= 15 is 0 Å². The Bertz CT molecular complexity index is 254. The summed E-state index contributed by atoms with van der Waals surface area (Å²) < 4.78 is 0. The quantitative estimate of drug-likeness (QED) is 0.678. The molecule has 0 bridgehead atoms. The van der Waals surface area contributed by atoms with Gasteiger partial charge in [-0.25, -0.2) is 0 Å². The summed E-state index contributed by atoms with van der Waals surface area (Å²) >= 11 is 0. The highest BCUT2D eigenvalue weighted by molar-refractivity contribution is 5.78. The smallest absolute Gasteiger partial charge is 0.234 e. The van der Waals surface area contributed by atoms with E-state index in [1.165, 1.54) is 0 Å². The second-order valence-corrected chi connectivity index (χ2v) is 5.62. The van der Waals surface area contributed by atoms with Gasteiger partial charge in [0.25, 0.3) is 0 Å². The molecule has 0 aromatic carbocycles. The lowest BCUT2D eigenvalue weighted by molar-refractivity contribution is -0.122. The Labute approximate surface area is 104 Å². The van der Waals surface area contributed by atoms with Gasteiger partial charge in [-0.2, -0.15) is 0 Å². The van der Waals surface area contributed by atoms with Crippen molar-refractivity contribution in [1.29, 1.82) is 0 Å². The Kier molecular flexibility index (Phi) is 5.40. The minimum absolute atomic E-state index is 0.00891. The number of rotatable bonds is 5. The van der Waals surface area contributed by atoms with E-state index in [4.69, 9.17) is 0 Å². The van der Waals surface area contributed by atoms with E-state index in [0.717, 1.165) is 32.1 Å². The molecule has 0 aromatic rings. The molecule has 2 atom stereocenters. The van der Waals surface area contributed by atoms with E-state index in [2.05, 4.69) is 17.6 Å². The Morgan fingerprint density at radius 3 is 2.59 bits per heavy atom. The summed E-state index contributed by atoms with van der Waals surface area (Å²) in [5.74, 6) is 0.00891. The van der Waals surface area contributed by atoms with Crippen LogP contribution in [0.2, 0.25) is 0 Å². The Morgan fingerprint density at radius 1 is 1.35 bits per heavy atom. The van der Waals surface area contributed by atoms with Crippen LogP contribution in [0.25, 0.3) is 0 Å². The maximum atomic E-state index is 11.7. The summed E-state index contributed by atoms with van der Waals surface area (Å²) in [4.78, 5) is 11.7. The third kappa shape index (κ3) is 5.04. The zero-order valence-electron chi connectivity index (χ0n) is 11.3. The van der Waals surface area contributed by atoms with Gasteiger partial charge in [0.1, 0.15) is 0 Å². The molecule has 1 amide bonds. The molecule has 1 aliphatic rings. The van der Waals surface area contributed by atoms with E-state index < -0.39 is 0 Å². The minimum atomic E-state index is -0.296. The molecule has 0 aliphatic heterocycles. The first kappa shape index (κ1) is 14.5. The number of carbonyl (C=O) groups excluding carboxylic acids is 1. The monoisotopic (exact) mass is 242 g/mol. The second kappa shape index (κ2) is 6.36. The molecule has 1 saturated carbocycles. The van der Waals surface area contributed by atoms with Crippen molar-refractivity contribution < 1.29 is 9.90 Å². The van der Waals surface area contributed by atoms with Crippen molar-refractivity contribution in [3.05, 3.63) is 0 Å². The molecule has 17 heavy (non-hydrogen) atoms. The summed E-state index contributed by atoms with van der Waals surface area (Å²) in [6.07, 6.45) is 4.65. The highest BCUT2D eigenvalue weighted by Gasteiger charge is 2.24. The van der Waals surface area contributed by atoms with E-state index in [1.54, 1.807) is 0 Å². The summed E-state index contributed by atoms with van der Waals surface area (Å²) in [6, 6.07) is 0.0826. The lowest BCUT2D eigenvalue weighted by Gasteiger charge is -2.29. The molecular weight excluding hydrogens is 216 g/mol. The number of aliphatic hydroxyl groups is 1.